The van der Waals surface area contributed by atoms with E-state index in [9.17, 15) is 31.1 Å². The van der Waals surface area contributed by atoms with E-state index in [1.165, 1.54) is 43.5 Å². The average Bonchev–Trinajstić information content (AvgIpc) is 2.89. The van der Waals surface area contributed by atoms with E-state index in [1.54, 1.807) is 31.2 Å². The van der Waals surface area contributed by atoms with Crippen LogP contribution in [0.4, 0.5) is 26.3 Å². The molecule has 0 spiro atoms. The molecule has 4 aromatic carbocycles. The molecule has 4 aromatic rings. The van der Waals surface area contributed by atoms with Gasteiger partial charge in [0.05, 0.1) is 7.11 Å². The number of carbonyl (C=O) groups excluding carboxylic acids is 1. The zero-order valence-electron chi connectivity index (χ0n) is 20.7. The maximum atomic E-state index is 14.3. The Kier molecular flexibility index (Phi) is 7.46. The monoisotopic (exact) mass is 544 g/mol. The molecule has 3 nitrogen and oxygen atoms in total. The molecule has 4 rings (SSSR count). The van der Waals surface area contributed by atoms with Gasteiger partial charge in [-0.05, 0) is 78.7 Å². The van der Waals surface area contributed by atoms with Gasteiger partial charge in [-0.25, -0.2) is 0 Å². The number of rotatable bonds is 7. The number of halogens is 6. The first-order valence-electron chi connectivity index (χ1n) is 11.6. The molecule has 0 radical (unpaired) electrons. The third-order valence-corrected chi connectivity index (χ3v) is 6.33. The molecule has 0 unspecified atom stereocenters. The van der Waals surface area contributed by atoms with Crippen molar-refractivity contribution >= 4 is 5.78 Å². The topological polar surface area (TPSA) is 35.5 Å². The second-order valence-electron chi connectivity index (χ2n) is 8.82. The minimum absolute atomic E-state index is 0.0233. The second-order valence-corrected chi connectivity index (χ2v) is 8.82. The summed E-state index contributed by atoms with van der Waals surface area (Å²) in [5.41, 5.74) is -4.82. The van der Waals surface area contributed by atoms with Crippen molar-refractivity contribution in [2.24, 2.45) is 0 Å². The maximum absolute atomic E-state index is 14.3. The lowest BCUT2D eigenvalue weighted by molar-refractivity contribution is -0.288. The third kappa shape index (κ3) is 5.34. The lowest BCUT2D eigenvalue weighted by Gasteiger charge is -2.38. The summed E-state index contributed by atoms with van der Waals surface area (Å²) in [6.45, 7) is 1.57. The fourth-order valence-corrected chi connectivity index (χ4v) is 4.28. The Morgan fingerprint density at radius 1 is 0.564 bits per heavy atom. The molecule has 0 amide bonds. The van der Waals surface area contributed by atoms with Gasteiger partial charge in [0.1, 0.15) is 17.2 Å². The van der Waals surface area contributed by atoms with Crippen molar-refractivity contribution in [3.8, 4) is 17.2 Å². The first-order valence-corrected chi connectivity index (χ1v) is 11.6. The highest BCUT2D eigenvalue weighted by molar-refractivity contribution is 6.09. The largest absolute Gasteiger partial charge is 0.497 e. The summed E-state index contributed by atoms with van der Waals surface area (Å²) in [7, 11) is 1.51. The van der Waals surface area contributed by atoms with E-state index in [0.717, 1.165) is 36.4 Å². The van der Waals surface area contributed by atoms with Crippen molar-refractivity contribution in [1.29, 1.82) is 0 Å². The quantitative estimate of drug-likeness (QED) is 0.173. The van der Waals surface area contributed by atoms with Crippen LogP contribution in [-0.2, 0) is 5.41 Å². The van der Waals surface area contributed by atoms with Crippen LogP contribution in [0.15, 0.2) is 97.1 Å². The van der Waals surface area contributed by atoms with Gasteiger partial charge in [-0.1, -0.05) is 42.0 Å². The van der Waals surface area contributed by atoms with Gasteiger partial charge < -0.3 is 9.47 Å². The average molecular weight is 544 g/mol. The van der Waals surface area contributed by atoms with Crippen molar-refractivity contribution < 1.29 is 40.6 Å². The van der Waals surface area contributed by atoms with Gasteiger partial charge in [0.2, 0.25) is 5.41 Å². The van der Waals surface area contributed by atoms with E-state index in [-0.39, 0.29) is 17.3 Å². The Morgan fingerprint density at radius 3 is 1.31 bits per heavy atom. The third-order valence-electron chi connectivity index (χ3n) is 6.33. The molecule has 0 N–H and O–H groups in total. The highest BCUT2D eigenvalue weighted by Crippen LogP contribution is 2.56. The molecular formula is C30H22F6O3. The summed E-state index contributed by atoms with van der Waals surface area (Å²) >= 11 is 0. The molecule has 202 valence electrons. The minimum atomic E-state index is -5.67. The Bertz CT molecular complexity index is 1410. The van der Waals surface area contributed by atoms with Crippen LogP contribution in [0.2, 0.25) is 0 Å². The minimum Gasteiger partial charge on any atom is -0.497 e. The van der Waals surface area contributed by atoms with Crippen LogP contribution in [-0.4, -0.2) is 25.2 Å². The highest BCUT2D eigenvalue weighted by atomic mass is 19.4. The summed E-state index contributed by atoms with van der Waals surface area (Å²) in [6, 6.07) is 20.2. The van der Waals surface area contributed by atoms with Crippen LogP contribution < -0.4 is 9.47 Å². The number of ether oxygens (including phenoxy) is 2. The van der Waals surface area contributed by atoms with Crippen molar-refractivity contribution in [3.63, 3.8) is 0 Å². The number of methoxy groups -OCH3 is 1. The summed E-state index contributed by atoms with van der Waals surface area (Å²) in [6.07, 6.45) is -11.3. The number of ketones is 1. The first kappa shape index (κ1) is 27.8. The van der Waals surface area contributed by atoms with E-state index in [1.807, 2.05) is 0 Å². The SMILES string of the molecule is COc1ccc(C(=O)c2ccc(Oc3ccc(C(c4ccc(C)cc4)(C(F)(F)F)C(F)(F)F)cc3)cc2)cc1. The van der Waals surface area contributed by atoms with Gasteiger partial charge in [0.15, 0.2) is 5.78 Å². The fraction of sp³-hybridized carbons (Fsp3) is 0.167. The molecule has 9 heteroatoms. The fourth-order valence-electron chi connectivity index (χ4n) is 4.28. The number of hydrogen-bond acceptors (Lipinski definition) is 3. The Morgan fingerprint density at radius 2 is 0.923 bits per heavy atom. The van der Waals surface area contributed by atoms with Gasteiger partial charge >= 0.3 is 12.4 Å². The first-order chi connectivity index (χ1) is 18.4. The molecular weight excluding hydrogens is 522 g/mol. The molecule has 39 heavy (non-hydrogen) atoms. The normalized spacial score (nSPS) is 12.2. The van der Waals surface area contributed by atoms with Gasteiger partial charge in [0.25, 0.3) is 0 Å². The van der Waals surface area contributed by atoms with E-state index in [4.69, 9.17) is 9.47 Å². The second kappa shape index (κ2) is 10.5. The van der Waals surface area contributed by atoms with Gasteiger partial charge in [-0.3, -0.25) is 4.79 Å². The Labute approximate surface area is 220 Å². The maximum Gasteiger partial charge on any atom is 0.411 e. The molecule has 0 aliphatic carbocycles. The smallest absolute Gasteiger partial charge is 0.411 e. The number of aryl methyl sites for hydroxylation is 1. The zero-order valence-corrected chi connectivity index (χ0v) is 20.7. The molecule has 0 aliphatic rings. The van der Waals surface area contributed by atoms with Gasteiger partial charge in [-0.2, -0.15) is 26.3 Å². The van der Waals surface area contributed by atoms with Crippen LogP contribution in [0.25, 0.3) is 0 Å². The molecule has 0 bridgehead atoms. The van der Waals surface area contributed by atoms with Gasteiger partial charge in [0, 0.05) is 11.1 Å². The van der Waals surface area contributed by atoms with Crippen LogP contribution in [0, 0.1) is 6.92 Å². The number of carbonyl (C=O) groups is 1. The molecule has 0 heterocycles. The molecule has 0 saturated carbocycles. The van der Waals surface area contributed by atoms with Crippen LogP contribution in [0.3, 0.4) is 0 Å². The van der Waals surface area contributed by atoms with Crippen molar-refractivity contribution in [2.75, 3.05) is 7.11 Å². The molecule has 0 aliphatic heterocycles. The summed E-state index contributed by atoms with van der Waals surface area (Å²) < 4.78 is 96.3. The van der Waals surface area contributed by atoms with Crippen LogP contribution >= 0.6 is 0 Å². The summed E-state index contributed by atoms with van der Waals surface area (Å²) in [4.78, 5) is 12.7. The van der Waals surface area contributed by atoms with Gasteiger partial charge in [-0.15, -0.1) is 0 Å². The lowest BCUT2D eigenvalue weighted by Crippen LogP contribution is -2.54. The molecule has 0 fully saturated rings. The number of benzene rings is 4. The number of hydrogen-bond donors (Lipinski definition) is 0. The Hall–Kier alpha value is -4.27. The highest BCUT2D eigenvalue weighted by Gasteiger charge is 2.72. The van der Waals surface area contributed by atoms with Crippen LogP contribution in [0.1, 0.15) is 32.6 Å². The Balaban J connectivity index is 1.60. The molecule has 0 saturated heterocycles. The van der Waals surface area contributed by atoms with Crippen molar-refractivity contribution in [2.45, 2.75) is 24.7 Å². The summed E-state index contributed by atoms with van der Waals surface area (Å²) in [5.74, 6) is 0.615. The zero-order chi connectivity index (χ0) is 28.4. The molecule has 0 aromatic heterocycles. The van der Waals surface area contributed by atoms with E-state index in [0.29, 0.717) is 22.4 Å². The molecule has 0 atom stereocenters. The van der Waals surface area contributed by atoms with E-state index < -0.39 is 28.9 Å². The van der Waals surface area contributed by atoms with Crippen LogP contribution in [0.5, 0.6) is 17.2 Å². The van der Waals surface area contributed by atoms with Crippen molar-refractivity contribution in [3.05, 3.63) is 125 Å². The van der Waals surface area contributed by atoms with Crippen molar-refractivity contribution in [1.82, 2.24) is 0 Å². The van der Waals surface area contributed by atoms with E-state index in [2.05, 4.69) is 0 Å². The number of alkyl halides is 6. The predicted octanol–water partition coefficient (Wildman–Crippen LogP) is 8.44. The standard InChI is InChI=1S/C30H22F6O3/c1-19-3-9-22(10-4-19)28(29(31,32)33,30(34,35)36)23-11-17-26(18-12-23)39-25-15-7-21(8-16-25)27(37)20-5-13-24(38-2)14-6-20/h3-18H,1-2H3. The lowest BCUT2D eigenvalue weighted by atomic mass is 9.72. The summed E-state index contributed by atoms with van der Waals surface area (Å²) in [5, 5.41) is 0. The predicted molar refractivity (Wildman–Crippen MR) is 133 cm³/mol. The van der Waals surface area contributed by atoms with E-state index >= 15 is 0 Å².